The maximum atomic E-state index is 3.45. The summed E-state index contributed by atoms with van der Waals surface area (Å²) < 4.78 is 0. The standard InChI is InChI=1S/C8H17N.H2S/c1-2-3-6-9-7-8-4-5-8;/h8-9H,2-7H2,1H3;1H2. The second-order valence-corrected chi connectivity index (χ2v) is 3.00. The summed E-state index contributed by atoms with van der Waals surface area (Å²) in [6.45, 7) is 4.74. The summed E-state index contributed by atoms with van der Waals surface area (Å²) in [7, 11) is 0. The van der Waals surface area contributed by atoms with Crippen LogP contribution in [0.2, 0.25) is 0 Å². The van der Waals surface area contributed by atoms with Crippen molar-refractivity contribution >= 4 is 13.5 Å². The Morgan fingerprint density at radius 3 is 2.60 bits per heavy atom. The van der Waals surface area contributed by atoms with Crippen molar-refractivity contribution in [3.8, 4) is 0 Å². The first-order chi connectivity index (χ1) is 4.43. The summed E-state index contributed by atoms with van der Waals surface area (Å²) in [4.78, 5) is 0. The van der Waals surface area contributed by atoms with Gasteiger partial charge < -0.3 is 5.32 Å². The average molecular weight is 161 g/mol. The van der Waals surface area contributed by atoms with Gasteiger partial charge in [-0.1, -0.05) is 13.3 Å². The number of nitrogens with one attached hydrogen (secondary N) is 1. The maximum absolute atomic E-state index is 3.45. The van der Waals surface area contributed by atoms with E-state index in [2.05, 4.69) is 12.2 Å². The Kier molecular flexibility index (Phi) is 6.24. The third-order valence-electron chi connectivity index (χ3n) is 1.84. The highest BCUT2D eigenvalue weighted by atomic mass is 32.1. The van der Waals surface area contributed by atoms with Gasteiger partial charge in [-0.15, -0.1) is 0 Å². The number of unbranched alkanes of at least 4 members (excludes halogenated alkanes) is 1. The van der Waals surface area contributed by atoms with Crippen LogP contribution in [-0.2, 0) is 0 Å². The van der Waals surface area contributed by atoms with Gasteiger partial charge in [0.05, 0.1) is 0 Å². The molecule has 0 atom stereocenters. The summed E-state index contributed by atoms with van der Waals surface area (Å²) in [6, 6.07) is 0. The van der Waals surface area contributed by atoms with Crippen molar-refractivity contribution < 1.29 is 0 Å². The largest absolute Gasteiger partial charge is 0.316 e. The lowest BCUT2D eigenvalue weighted by Crippen LogP contribution is -2.17. The Hall–Kier alpha value is 0.310. The minimum absolute atomic E-state index is 0. The molecular weight excluding hydrogens is 142 g/mol. The highest BCUT2D eigenvalue weighted by Gasteiger charge is 2.19. The van der Waals surface area contributed by atoms with Crippen molar-refractivity contribution in [1.29, 1.82) is 0 Å². The Morgan fingerprint density at radius 1 is 1.40 bits per heavy atom. The molecular formula is C8H19NS. The van der Waals surface area contributed by atoms with Crippen LogP contribution in [-0.4, -0.2) is 13.1 Å². The Bertz CT molecular complexity index is 71.7. The van der Waals surface area contributed by atoms with E-state index in [1.54, 1.807) is 0 Å². The van der Waals surface area contributed by atoms with Crippen molar-refractivity contribution in [2.24, 2.45) is 5.92 Å². The Balaban J connectivity index is 0.000000810. The molecule has 0 aromatic heterocycles. The van der Waals surface area contributed by atoms with Crippen LogP contribution in [0.5, 0.6) is 0 Å². The summed E-state index contributed by atoms with van der Waals surface area (Å²) in [5.41, 5.74) is 0. The predicted octanol–water partition coefficient (Wildman–Crippen LogP) is 1.90. The van der Waals surface area contributed by atoms with Crippen molar-refractivity contribution in [2.75, 3.05) is 13.1 Å². The van der Waals surface area contributed by atoms with Gasteiger partial charge in [-0.05, 0) is 38.3 Å². The molecule has 1 aliphatic rings. The maximum Gasteiger partial charge on any atom is -0.00205 e. The van der Waals surface area contributed by atoms with Gasteiger partial charge >= 0.3 is 0 Å². The first kappa shape index (κ1) is 10.3. The SMILES string of the molecule is CCCCNCC1CC1.S. The van der Waals surface area contributed by atoms with Gasteiger partial charge in [0.2, 0.25) is 0 Å². The first-order valence-corrected chi connectivity index (χ1v) is 4.14. The minimum atomic E-state index is 0. The molecule has 1 N–H and O–H groups in total. The molecule has 0 aromatic carbocycles. The van der Waals surface area contributed by atoms with Crippen LogP contribution in [0, 0.1) is 5.92 Å². The van der Waals surface area contributed by atoms with Crippen LogP contribution >= 0.6 is 13.5 Å². The minimum Gasteiger partial charge on any atom is -0.316 e. The molecule has 0 saturated heterocycles. The van der Waals surface area contributed by atoms with Gasteiger partial charge in [0.25, 0.3) is 0 Å². The van der Waals surface area contributed by atoms with Crippen LogP contribution in [0.1, 0.15) is 32.6 Å². The highest BCUT2D eigenvalue weighted by molar-refractivity contribution is 7.59. The van der Waals surface area contributed by atoms with E-state index in [1.165, 1.54) is 38.8 Å². The van der Waals surface area contributed by atoms with Crippen molar-refractivity contribution in [2.45, 2.75) is 32.6 Å². The number of rotatable bonds is 5. The normalized spacial score (nSPS) is 16.5. The molecule has 62 valence electrons. The molecule has 0 unspecified atom stereocenters. The van der Waals surface area contributed by atoms with Crippen LogP contribution in [0.4, 0.5) is 0 Å². The third-order valence-corrected chi connectivity index (χ3v) is 1.84. The monoisotopic (exact) mass is 161 g/mol. The van der Waals surface area contributed by atoms with Crippen LogP contribution < -0.4 is 5.32 Å². The fourth-order valence-corrected chi connectivity index (χ4v) is 0.930. The quantitative estimate of drug-likeness (QED) is 0.607. The molecule has 10 heavy (non-hydrogen) atoms. The van der Waals surface area contributed by atoms with E-state index in [4.69, 9.17) is 0 Å². The van der Waals surface area contributed by atoms with Gasteiger partial charge in [-0.3, -0.25) is 0 Å². The fraction of sp³-hybridized carbons (Fsp3) is 1.00. The van der Waals surface area contributed by atoms with E-state index in [1.807, 2.05) is 0 Å². The molecule has 2 heteroatoms. The van der Waals surface area contributed by atoms with E-state index in [9.17, 15) is 0 Å². The van der Waals surface area contributed by atoms with Crippen LogP contribution in [0.25, 0.3) is 0 Å². The molecule has 0 heterocycles. The summed E-state index contributed by atoms with van der Waals surface area (Å²) in [5, 5.41) is 3.45. The number of hydrogen-bond donors (Lipinski definition) is 1. The van der Waals surface area contributed by atoms with E-state index >= 15 is 0 Å². The second-order valence-electron chi connectivity index (χ2n) is 3.00. The zero-order chi connectivity index (χ0) is 6.53. The molecule has 1 rings (SSSR count). The molecule has 1 fully saturated rings. The van der Waals surface area contributed by atoms with Gasteiger partial charge in [0.1, 0.15) is 0 Å². The third kappa shape index (κ3) is 5.12. The predicted molar refractivity (Wildman–Crippen MR) is 50.9 cm³/mol. The average Bonchev–Trinajstić information content (AvgIpc) is 2.63. The summed E-state index contributed by atoms with van der Waals surface area (Å²) in [6.07, 6.45) is 5.60. The molecule has 0 aliphatic heterocycles. The van der Waals surface area contributed by atoms with E-state index < -0.39 is 0 Å². The van der Waals surface area contributed by atoms with E-state index in [-0.39, 0.29) is 13.5 Å². The molecule has 1 nitrogen and oxygen atoms in total. The molecule has 1 saturated carbocycles. The molecule has 0 amide bonds. The Labute approximate surface area is 71.0 Å². The smallest absolute Gasteiger partial charge is 0.00205 e. The van der Waals surface area contributed by atoms with E-state index in [0.717, 1.165) is 5.92 Å². The fourth-order valence-electron chi connectivity index (χ4n) is 0.930. The number of hydrogen-bond acceptors (Lipinski definition) is 1. The van der Waals surface area contributed by atoms with Gasteiger partial charge in [0, 0.05) is 0 Å². The lowest BCUT2D eigenvalue weighted by molar-refractivity contribution is 0.608. The zero-order valence-electron chi connectivity index (χ0n) is 6.82. The first-order valence-electron chi connectivity index (χ1n) is 4.14. The molecule has 0 spiro atoms. The lowest BCUT2D eigenvalue weighted by atomic mass is 10.3. The lowest BCUT2D eigenvalue weighted by Gasteiger charge is -1.99. The van der Waals surface area contributed by atoms with Crippen molar-refractivity contribution in [3.05, 3.63) is 0 Å². The second kappa shape index (κ2) is 6.05. The van der Waals surface area contributed by atoms with Crippen molar-refractivity contribution in [1.82, 2.24) is 5.32 Å². The van der Waals surface area contributed by atoms with Gasteiger partial charge in [-0.25, -0.2) is 0 Å². The molecule has 1 aliphatic carbocycles. The van der Waals surface area contributed by atoms with Crippen molar-refractivity contribution in [3.63, 3.8) is 0 Å². The van der Waals surface area contributed by atoms with E-state index in [0.29, 0.717) is 0 Å². The van der Waals surface area contributed by atoms with Gasteiger partial charge in [-0.2, -0.15) is 13.5 Å². The molecule has 0 aromatic rings. The molecule has 0 radical (unpaired) electrons. The zero-order valence-corrected chi connectivity index (χ0v) is 7.82. The molecule has 0 bridgehead atoms. The summed E-state index contributed by atoms with van der Waals surface area (Å²) >= 11 is 0. The Morgan fingerprint density at radius 2 is 2.10 bits per heavy atom. The topological polar surface area (TPSA) is 12.0 Å². The van der Waals surface area contributed by atoms with Gasteiger partial charge in [0.15, 0.2) is 0 Å². The van der Waals surface area contributed by atoms with Crippen LogP contribution in [0.3, 0.4) is 0 Å². The highest BCUT2D eigenvalue weighted by Crippen LogP contribution is 2.27. The van der Waals surface area contributed by atoms with Crippen LogP contribution in [0.15, 0.2) is 0 Å². The summed E-state index contributed by atoms with van der Waals surface area (Å²) in [5.74, 6) is 1.04.